The van der Waals surface area contributed by atoms with Crippen molar-refractivity contribution in [2.45, 2.75) is 91.9 Å². The average molecular weight is 632 g/mol. The third kappa shape index (κ3) is 7.41. The molecule has 0 saturated carbocycles. The van der Waals surface area contributed by atoms with Crippen LogP contribution in [-0.4, -0.2) is 47.9 Å². The minimum absolute atomic E-state index is 0.117. The van der Waals surface area contributed by atoms with Crippen LogP contribution in [0.3, 0.4) is 0 Å². The van der Waals surface area contributed by atoms with Crippen molar-refractivity contribution >= 4 is 33.0 Å². The van der Waals surface area contributed by atoms with Crippen LogP contribution in [0.5, 0.6) is 0 Å². The maximum Gasteiger partial charge on any atom is 0.264 e. The summed E-state index contributed by atoms with van der Waals surface area (Å²) in [5.74, 6) is -0.0886. The molecule has 2 aliphatic heterocycles. The van der Waals surface area contributed by atoms with Gasteiger partial charge in [-0.05, 0) is 64.3 Å². The molecule has 45 heavy (non-hydrogen) atoms. The van der Waals surface area contributed by atoms with Gasteiger partial charge in [0.15, 0.2) is 5.71 Å². The van der Waals surface area contributed by atoms with Gasteiger partial charge in [-0.3, -0.25) is 9.35 Å². The van der Waals surface area contributed by atoms with Crippen LogP contribution in [0.1, 0.15) is 90.8 Å². The number of aryl methyl sites for hydroxylation is 1. The highest BCUT2D eigenvalue weighted by Crippen LogP contribution is 2.51. The van der Waals surface area contributed by atoms with Crippen LogP contribution in [0.2, 0.25) is 0 Å². The molecule has 2 aromatic carbocycles. The number of nitrogens with zero attached hydrogens (tertiary/aromatic N) is 2. The van der Waals surface area contributed by atoms with Crippen LogP contribution >= 0.6 is 0 Å². The number of benzene rings is 2. The summed E-state index contributed by atoms with van der Waals surface area (Å²) in [5.41, 5.74) is 7.35. The zero-order chi connectivity index (χ0) is 33.2. The highest BCUT2D eigenvalue weighted by molar-refractivity contribution is 7.85. The molecule has 0 aliphatic carbocycles. The second-order valence-electron chi connectivity index (χ2n) is 14.3. The lowest BCUT2D eigenvalue weighted by Crippen LogP contribution is -2.31. The summed E-state index contributed by atoms with van der Waals surface area (Å²) >= 11 is 0. The number of ketones is 1. The van der Waals surface area contributed by atoms with E-state index < -0.39 is 20.9 Å². The first-order chi connectivity index (χ1) is 21.0. The Balaban J connectivity index is 1.69. The van der Waals surface area contributed by atoms with E-state index in [9.17, 15) is 17.8 Å². The standard InChI is InChI=1S/C38H50N2O4S/c1-9-24-39-32-21-20-28(2)27-30(32)37(6,7)33(39)18-11-10-12-19-34-38(8,23-22-35(41)36(3,4)5)29-16-13-14-17-31(29)40(34)25-15-26-45(42,43)44/h10-14,16-21,27H,9,15,22-26H2,1-8H3/p+1. The first kappa shape index (κ1) is 34.6. The molecule has 0 radical (unpaired) electrons. The zero-order valence-electron chi connectivity index (χ0n) is 28.4. The molecule has 2 aliphatic rings. The number of allylic oxidation sites excluding steroid dienone is 6. The van der Waals surface area contributed by atoms with E-state index in [-0.39, 0.29) is 23.4 Å². The molecule has 0 amide bonds. The number of Topliss-reactive ketones (excluding diaryl/α,β-unsaturated/α-hetero) is 1. The highest BCUT2D eigenvalue weighted by Gasteiger charge is 2.45. The summed E-state index contributed by atoms with van der Waals surface area (Å²) in [5, 5.41) is 0. The van der Waals surface area contributed by atoms with Crippen LogP contribution in [0.15, 0.2) is 78.5 Å². The van der Waals surface area contributed by atoms with Gasteiger partial charge in [-0.1, -0.05) is 75.8 Å². The van der Waals surface area contributed by atoms with Crippen molar-refractivity contribution in [3.8, 4) is 0 Å². The molecule has 0 aromatic heterocycles. The Bertz CT molecular complexity index is 1670. The van der Waals surface area contributed by atoms with E-state index in [1.54, 1.807) is 0 Å². The van der Waals surface area contributed by atoms with Crippen molar-refractivity contribution < 1.29 is 22.3 Å². The largest absolute Gasteiger partial charge is 0.344 e. The lowest BCUT2D eigenvalue weighted by Gasteiger charge is -2.31. The highest BCUT2D eigenvalue weighted by atomic mass is 32.2. The minimum Gasteiger partial charge on any atom is -0.344 e. The molecule has 1 atom stereocenters. The van der Waals surface area contributed by atoms with Crippen LogP contribution in [0.25, 0.3) is 0 Å². The molecule has 4 rings (SSSR count). The Morgan fingerprint density at radius 3 is 2.40 bits per heavy atom. The van der Waals surface area contributed by atoms with Gasteiger partial charge in [0.05, 0.1) is 11.2 Å². The van der Waals surface area contributed by atoms with Crippen LogP contribution in [0, 0.1) is 12.3 Å². The van der Waals surface area contributed by atoms with E-state index in [1.165, 1.54) is 22.5 Å². The van der Waals surface area contributed by atoms with Gasteiger partial charge in [0.1, 0.15) is 12.3 Å². The molecule has 0 saturated heterocycles. The van der Waals surface area contributed by atoms with Crippen molar-refractivity contribution in [2.24, 2.45) is 5.41 Å². The van der Waals surface area contributed by atoms with Gasteiger partial charge in [0, 0.05) is 59.3 Å². The van der Waals surface area contributed by atoms with Crippen LogP contribution in [-0.2, 0) is 25.7 Å². The first-order valence-corrected chi connectivity index (χ1v) is 17.8. The SMILES string of the molecule is CCC[N+]1=C(/C=C/C=C/C=C2/N(CCCS(=O)(=O)O)c3ccccc3C2(C)CCC(=O)C(C)(C)C)C(C)(C)c2cc(C)ccc21. The van der Waals surface area contributed by atoms with Gasteiger partial charge in [-0.15, -0.1) is 0 Å². The summed E-state index contributed by atoms with van der Waals surface area (Å²) in [7, 11) is -4.07. The second kappa shape index (κ2) is 13.2. The quantitative estimate of drug-likeness (QED) is 0.145. The normalized spacial score (nSPS) is 20.6. The molecule has 6 nitrogen and oxygen atoms in total. The predicted molar refractivity (Wildman–Crippen MR) is 187 cm³/mol. The molecular formula is C38H51N2O4S+. The third-order valence-corrected chi connectivity index (χ3v) is 10.1. The number of rotatable bonds is 12. The summed E-state index contributed by atoms with van der Waals surface area (Å²) in [6.07, 6.45) is 12.9. The Morgan fingerprint density at radius 2 is 1.73 bits per heavy atom. The van der Waals surface area contributed by atoms with Crippen molar-refractivity contribution in [2.75, 3.05) is 23.7 Å². The molecule has 2 aromatic rings. The van der Waals surface area contributed by atoms with Crippen molar-refractivity contribution in [3.05, 3.63) is 95.2 Å². The molecule has 0 bridgehead atoms. The van der Waals surface area contributed by atoms with Gasteiger partial charge in [0.2, 0.25) is 5.69 Å². The van der Waals surface area contributed by atoms with E-state index >= 15 is 0 Å². The van der Waals surface area contributed by atoms with E-state index in [0.29, 0.717) is 19.4 Å². The number of carbonyl (C=O) groups excluding carboxylic acids is 1. The Hall–Kier alpha value is -3.29. The topological polar surface area (TPSA) is 77.7 Å². The van der Waals surface area contributed by atoms with Gasteiger partial charge >= 0.3 is 0 Å². The molecule has 7 heteroatoms. The number of hydrogen-bond acceptors (Lipinski definition) is 4. The molecule has 0 spiro atoms. The Kier molecular flexibility index (Phi) is 10.2. The van der Waals surface area contributed by atoms with Crippen LogP contribution in [0.4, 0.5) is 11.4 Å². The van der Waals surface area contributed by atoms with E-state index in [0.717, 1.165) is 29.9 Å². The number of anilines is 1. The zero-order valence-corrected chi connectivity index (χ0v) is 29.2. The number of carbonyl (C=O) groups is 1. The van der Waals surface area contributed by atoms with Crippen molar-refractivity contribution in [1.82, 2.24) is 0 Å². The lowest BCUT2D eigenvalue weighted by molar-refractivity contribution is -0.437. The molecule has 1 N–H and O–H groups in total. The predicted octanol–water partition coefficient (Wildman–Crippen LogP) is 8.23. The van der Waals surface area contributed by atoms with Crippen molar-refractivity contribution in [1.29, 1.82) is 0 Å². The van der Waals surface area contributed by atoms with Gasteiger partial charge in [-0.2, -0.15) is 13.0 Å². The van der Waals surface area contributed by atoms with E-state index in [1.807, 2.05) is 39.0 Å². The molecular weight excluding hydrogens is 580 g/mol. The summed E-state index contributed by atoms with van der Waals surface area (Å²) in [6, 6.07) is 14.9. The molecule has 1 unspecified atom stereocenters. The fraction of sp³-hybridized carbons (Fsp3) is 0.474. The monoisotopic (exact) mass is 631 g/mol. The second-order valence-corrected chi connectivity index (χ2v) is 15.9. The summed E-state index contributed by atoms with van der Waals surface area (Å²) in [6.45, 7) is 18.4. The number of para-hydroxylation sites is 1. The summed E-state index contributed by atoms with van der Waals surface area (Å²) in [4.78, 5) is 15.2. The van der Waals surface area contributed by atoms with Crippen LogP contribution < -0.4 is 4.90 Å². The maximum atomic E-state index is 13.0. The average Bonchev–Trinajstić information content (AvgIpc) is 3.30. The number of fused-ring (bicyclic) bond motifs is 2. The first-order valence-electron chi connectivity index (χ1n) is 16.2. The summed E-state index contributed by atoms with van der Waals surface area (Å²) < 4.78 is 34.9. The van der Waals surface area contributed by atoms with Crippen molar-refractivity contribution in [3.63, 3.8) is 0 Å². The maximum absolute atomic E-state index is 13.0. The minimum atomic E-state index is -4.07. The smallest absolute Gasteiger partial charge is 0.264 e. The van der Waals surface area contributed by atoms with E-state index in [2.05, 4.69) is 98.7 Å². The number of hydrogen-bond donors (Lipinski definition) is 1. The lowest BCUT2D eigenvalue weighted by atomic mass is 9.75. The Labute approximate surface area is 271 Å². The molecule has 242 valence electrons. The third-order valence-electron chi connectivity index (χ3n) is 9.34. The fourth-order valence-corrected chi connectivity index (χ4v) is 7.27. The van der Waals surface area contributed by atoms with E-state index in [4.69, 9.17) is 0 Å². The van der Waals surface area contributed by atoms with Gasteiger partial charge < -0.3 is 4.90 Å². The molecule has 2 heterocycles. The fourth-order valence-electron chi connectivity index (χ4n) is 6.77. The van der Waals surface area contributed by atoms with Gasteiger partial charge in [-0.25, -0.2) is 0 Å². The molecule has 0 fully saturated rings. The van der Waals surface area contributed by atoms with Gasteiger partial charge in [0.25, 0.3) is 10.1 Å². The Morgan fingerprint density at radius 1 is 1.02 bits per heavy atom.